The maximum absolute atomic E-state index is 13.1. The molecule has 158 valence electrons. The van der Waals surface area contributed by atoms with Crippen molar-refractivity contribution < 1.29 is 14.3 Å². The van der Waals surface area contributed by atoms with Crippen molar-refractivity contribution in [3.05, 3.63) is 52.9 Å². The van der Waals surface area contributed by atoms with Crippen molar-refractivity contribution in [2.75, 3.05) is 36.6 Å². The van der Waals surface area contributed by atoms with Crippen molar-refractivity contribution in [2.45, 2.75) is 20.8 Å². The molecule has 0 aliphatic carbocycles. The lowest BCUT2D eigenvalue weighted by molar-refractivity contribution is -0.113. The predicted molar refractivity (Wildman–Crippen MR) is 130 cm³/mol. The van der Waals surface area contributed by atoms with E-state index in [0.717, 1.165) is 30.0 Å². The van der Waals surface area contributed by atoms with Crippen molar-refractivity contribution >= 4 is 51.7 Å². The fourth-order valence-corrected chi connectivity index (χ4v) is 4.59. The van der Waals surface area contributed by atoms with Gasteiger partial charge in [-0.15, -0.1) is 0 Å². The summed E-state index contributed by atoms with van der Waals surface area (Å²) in [6.45, 7) is 8.60. The molecule has 1 saturated heterocycles. The molecule has 1 heterocycles. The van der Waals surface area contributed by atoms with Gasteiger partial charge in [-0.05, 0) is 68.8 Å². The second-order valence-electron chi connectivity index (χ2n) is 6.55. The Balaban J connectivity index is 1.84. The Morgan fingerprint density at radius 3 is 2.37 bits per heavy atom. The Morgan fingerprint density at radius 1 is 1.07 bits per heavy atom. The molecule has 1 aliphatic rings. The Morgan fingerprint density at radius 2 is 1.77 bits per heavy atom. The van der Waals surface area contributed by atoms with Crippen molar-refractivity contribution in [1.82, 2.24) is 0 Å². The van der Waals surface area contributed by atoms with E-state index in [1.165, 1.54) is 11.8 Å². The fraction of sp³-hybridized carbons (Fsp3) is 0.304. The van der Waals surface area contributed by atoms with Crippen LogP contribution in [0.15, 0.2) is 47.4 Å². The topological polar surface area (TPSA) is 42.0 Å². The van der Waals surface area contributed by atoms with Gasteiger partial charge in [0.1, 0.15) is 0 Å². The second-order valence-corrected chi connectivity index (χ2v) is 8.22. The SMILES string of the molecule is CCOc1ccc(/C=C2\SC(=S)N(c3ccc(N(CC)CC)cc3)C2=O)cc1OC. The molecule has 2 aromatic carbocycles. The number of carbonyl (C=O) groups is 1. The van der Waals surface area contributed by atoms with Crippen LogP contribution in [0.25, 0.3) is 6.08 Å². The van der Waals surface area contributed by atoms with Gasteiger partial charge in [-0.25, -0.2) is 0 Å². The molecule has 1 fully saturated rings. The Labute approximate surface area is 187 Å². The van der Waals surface area contributed by atoms with E-state index in [4.69, 9.17) is 21.7 Å². The molecule has 0 atom stereocenters. The van der Waals surface area contributed by atoms with E-state index in [-0.39, 0.29) is 5.91 Å². The van der Waals surface area contributed by atoms with E-state index in [1.807, 2.05) is 55.5 Å². The zero-order valence-corrected chi connectivity index (χ0v) is 19.3. The standard InChI is InChI=1S/C23H26N2O3S2/c1-5-24(6-2)17-9-11-18(12-10-17)25-22(26)21(30-23(25)29)15-16-8-13-19(28-7-3)20(14-16)27-4/h8-15H,5-7H2,1-4H3/b21-15-. The van der Waals surface area contributed by atoms with Gasteiger partial charge in [-0.2, -0.15) is 0 Å². The molecule has 0 N–H and O–H groups in total. The highest BCUT2D eigenvalue weighted by Gasteiger charge is 2.33. The minimum atomic E-state index is -0.117. The van der Waals surface area contributed by atoms with Gasteiger partial charge in [0, 0.05) is 18.8 Å². The summed E-state index contributed by atoms with van der Waals surface area (Å²) < 4.78 is 11.5. The lowest BCUT2D eigenvalue weighted by Gasteiger charge is -2.22. The Bertz CT molecular complexity index is 953. The summed E-state index contributed by atoms with van der Waals surface area (Å²) >= 11 is 6.80. The molecule has 1 amide bonds. The number of methoxy groups -OCH3 is 1. The van der Waals surface area contributed by atoms with Crippen LogP contribution >= 0.6 is 24.0 Å². The monoisotopic (exact) mass is 442 g/mol. The summed E-state index contributed by atoms with van der Waals surface area (Å²) in [7, 11) is 1.60. The zero-order valence-electron chi connectivity index (χ0n) is 17.7. The molecule has 5 nitrogen and oxygen atoms in total. The van der Waals surface area contributed by atoms with E-state index in [0.29, 0.717) is 27.3 Å². The van der Waals surface area contributed by atoms with Crippen LogP contribution in [-0.4, -0.2) is 37.0 Å². The number of benzene rings is 2. The van der Waals surface area contributed by atoms with Crippen LogP contribution in [0.3, 0.4) is 0 Å². The van der Waals surface area contributed by atoms with Gasteiger partial charge in [-0.3, -0.25) is 9.69 Å². The largest absolute Gasteiger partial charge is 0.493 e. The number of rotatable bonds is 8. The number of thioether (sulfide) groups is 1. The van der Waals surface area contributed by atoms with Crippen molar-refractivity contribution in [3.8, 4) is 11.5 Å². The lowest BCUT2D eigenvalue weighted by atomic mass is 10.1. The number of hydrogen-bond donors (Lipinski definition) is 0. The molecule has 30 heavy (non-hydrogen) atoms. The maximum Gasteiger partial charge on any atom is 0.270 e. The number of nitrogens with zero attached hydrogens (tertiary/aromatic N) is 2. The van der Waals surface area contributed by atoms with Crippen LogP contribution in [0.1, 0.15) is 26.3 Å². The van der Waals surface area contributed by atoms with Crippen molar-refractivity contribution in [1.29, 1.82) is 0 Å². The number of thiocarbonyl (C=S) groups is 1. The van der Waals surface area contributed by atoms with Gasteiger partial charge in [-0.1, -0.05) is 30.0 Å². The molecule has 7 heteroatoms. The summed E-state index contributed by atoms with van der Waals surface area (Å²) in [5.41, 5.74) is 2.76. The van der Waals surface area contributed by atoms with Crippen LogP contribution in [0.2, 0.25) is 0 Å². The highest BCUT2D eigenvalue weighted by molar-refractivity contribution is 8.27. The molecule has 0 saturated carbocycles. The van der Waals surface area contributed by atoms with Gasteiger partial charge >= 0.3 is 0 Å². The molecule has 0 radical (unpaired) electrons. The number of carbonyl (C=O) groups excluding carboxylic acids is 1. The van der Waals surface area contributed by atoms with Crippen molar-refractivity contribution in [2.24, 2.45) is 0 Å². The van der Waals surface area contributed by atoms with Crippen molar-refractivity contribution in [3.63, 3.8) is 0 Å². The summed E-state index contributed by atoms with van der Waals surface area (Å²) in [5.74, 6) is 1.19. The molecule has 0 bridgehead atoms. The lowest BCUT2D eigenvalue weighted by Crippen LogP contribution is -2.27. The van der Waals surface area contributed by atoms with Gasteiger partial charge in [0.05, 0.1) is 24.3 Å². The van der Waals surface area contributed by atoms with Gasteiger partial charge in [0.2, 0.25) is 0 Å². The average Bonchev–Trinajstić information content (AvgIpc) is 3.03. The van der Waals surface area contributed by atoms with Crippen LogP contribution in [0.5, 0.6) is 11.5 Å². The molecule has 0 unspecified atom stereocenters. The summed E-state index contributed by atoms with van der Waals surface area (Å²) in [4.78, 5) is 17.5. The predicted octanol–water partition coefficient (Wildman–Crippen LogP) is 5.35. The second kappa shape index (κ2) is 10.00. The maximum atomic E-state index is 13.1. The Hall–Kier alpha value is -2.51. The van der Waals surface area contributed by atoms with Gasteiger partial charge in [0.25, 0.3) is 5.91 Å². The highest BCUT2D eigenvalue weighted by Crippen LogP contribution is 2.37. The average molecular weight is 443 g/mol. The first-order valence-electron chi connectivity index (χ1n) is 9.96. The molecule has 3 rings (SSSR count). The van der Waals surface area contributed by atoms with E-state index >= 15 is 0 Å². The van der Waals surface area contributed by atoms with Crippen LogP contribution in [0.4, 0.5) is 11.4 Å². The highest BCUT2D eigenvalue weighted by atomic mass is 32.2. The zero-order chi connectivity index (χ0) is 21.7. The number of anilines is 2. The third-order valence-electron chi connectivity index (χ3n) is 4.82. The van der Waals surface area contributed by atoms with Gasteiger partial charge in [0.15, 0.2) is 15.8 Å². The quantitative estimate of drug-likeness (QED) is 0.406. The van der Waals surface area contributed by atoms with Crippen LogP contribution < -0.4 is 19.3 Å². The Kier molecular flexibility index (Phi) is 7.39. The van der Waals surface area contributed by atoms with E-state index in [9.17, 15) is 4.79 Å². The van der Waals surface area contributed by atoms with E-state index < -0.39 is 0 Å². The minimum absolute atomic E-state index is 0.117. The molecular formula is C23H26N2O3S2. The molecule has 0 aromatic heterocycles. The summed E-state index contributed by atoms with van der Waals surface area (Å²) in [6, 6.07) is 13.6. The molecule has 2 aromatic rings. The first kappa shape index (κ1) is 22.2. The van der Waals surface area contributed by atoms with Crippen LogP contribution in [-0.2, 0) is 4.79 Å². The fourth-order valence-electron chi connectivity index (χ4n) is 3.29. The normalized spacial score (nSPS) is 15.1. The van der Waals surface area contributed by atoms with E-state index in [2.05, 4.69) is 18.7 Å². The third-order valence-corrected chi connectivity index (χ3v) is 6.12. The number of ether oxygens (including phenoxy) is 2. The smallest absolute Gasteiger partial charge is 0.270 e. The molecule has 1 aliphatic heterocycles. The first-order chi connectivity index (χ1) is 14.5. The molecular weight excluding hydrogens is 416 g/mol. The summed E-state index contributed by atoms with van der Waals surface area (Å²) in [5, 5.41) is 0. The minimum Gasteiger partial charge on any atom is -0.493 e. The number of hydrogen-bond acceptors (Lipinski definition) is 6. The van der Waals surface area contributed by atoms with Crippen LogP contribution in [0, 0.1) is 0 Å². The van der Waals surface area contributed by atoms with E-state index in [1.54, 1.807) is 12.0 Å². The summed E-state index contributed by atoms with van der Waals surface area (Å²) in [6.07, 6.45) is 1.84. The molecule has 0 spiro atoms. The first-order valence-corrected chi connectivity index (χ1v) is 11.2. The van der Waals surface area contributed by atoms with Gasteiger partial charge < -0.3 is 14.4 Å². The third kappa shape index (κ3) is 4.63. The number of amides is 1.